The van der Waals surface area contributed by atoms with E-state index in [2.05, 4.69) is 20.9 Å². The minimum absolute atomic E-state index is 0.132. The number of pyridine rings is 1. The molecule has 98 valence electrons. The van der Waals surface area contributed by atoms with E-state index in [1.165, 1.54) is 24.4 Å². The van der Waals surface area contributed by atoms with Crippen molar-refractivity contribution in [3.05, 3.63) is 56.4 Å². The van der Waals surface area contributed by atoms with Gasteiger partial charge in [-0.1, -0.05) is 15.9 Å². The molecule has 0 N–H and O–H groups in total. The number of aromatic nitrogens is 1. The zero-order chi connectivity index (χ0) is 14.0. The molecule has 0 bridgehead atoms. The third-order valence-electron chi connectivity index (χ3n) is 2.33. The molecule has 0 amide bonds. The van der Waals surface area contributed by atoms with E-state index < -0.39 is 10.7 Å². The molecule has 0 saturated heterocycles. The maximum atomic E-state index is 13.2. The molecule has 0 fully saturated rings. The van der Waals surface area contributed by atoms with Gasteiger partial charge in [-0.25, -0.2) is 9.37 Å². The van der Waals surface area contributed by atoms with Gasteiger partial charge in [0.15, 0.2) is 0 Å². The Kier molecular flexibility index (Phi) is 3.75. The Morgan fingerprint density at radius 1 is 1.42 bits per heavy atom. The number of ether oxygens (including phenoxy) is 1. The van der Waals surface area contributed by atoms with E-state index in [1.807, 2.05) is 0 Å². The second-order valence-electron chi connectivity index (χ2n) is 3.75. The summed E-state index contributed by atoms with van der Waals surface area (Å²) in [5.74, 6) is -0.546. The number of benzene rings is 1. The first kappa shape index (κ1) is 13.4. The van der Waals surface area contributed by atoms with Crippen molar-refractivity contribution in [1.29, 1.82) is 0 Å². The third kappa shape index (κ3) is 3.05. The van der Waals surface area contributed by atoms with Crippen LogP contribution in [0.2, 0.25) is 0 Å². The van der Waals surface area contributed by atoms with Crippen LogP contribution in [0.4, 0.5) is 10.1 Å². The van der Waals surface area contributed by atoms with Gasteiger partial charge < -0.3 is 4.74 Å². The quantitative estimate of drug-likeness (QED) is 0.631. The van der Waals surface area contributed by atoms with E-state index in [1.54, 1.807) is 6.92 Å². The van der Waals surface area contributed by atoms with Gasteiger partial charge in [0.2, 0.25) is 0 Å². The van der Waals surface area contributed by atoms with Crippen molar-refractivity contribution < 1.29 is 14.1 Å². The van der Waals surface area contributed by atoms with Crippen LogP contribution < -0.4 is 4.74 Å². The van der Waals surface area contributed by atoms with Crippen LogP contribution in [0.5, 0.6) is 11.6 Å². The number of hydrogen-bond donors (Lipinski definition) is 0. The molecule has 0 aliphatic rings. The average Bonchev–Trinajstić information content (AvgIpc) is 2.26. The highest BCUT2D eigenvalue weighted by Crippen LogP contribution is 2.32. The SMILES string of the molecule is Cc1ccnc(Oc2cc(F)cc(Br)c2)c1[N+](=O)[O-]. The average molecular weight is 327 g/mol. The molecule has 7 heteroatoms. The molecule has 19 heavy (non-hydrogen) atoms. The van der Waals surface area contributed by atoms with E-state index in [-0.39, 0.29) is 17.3 Å². The van der Waals surface area contributed by atoms with Crippen molar-refractivity contribution >= 4 is 21.6 Å². The third-order valence-corrected chi connectivity index (χ3v) is 2.78. The lowest BCUT2D eigenvalue weighted by molar-refractivity contribution is -0.386. The molecular formula is C12H8BrFN2O3. The van der Waals surface area contributed by atoms with E-state index in [0.717, 1.165) is 6.07 Å². The van der Waals surface area contributed by atoms with Gasteiger partial charge in [0.1, 0.15) is 11.6 Å². The summed E-state index contributed by atoms with van der Waals surface area (Å²) in [5, 5.41) is 11.0. The molecule has 1 aromatic heterocycles. The maximum absolute atomic E-state index is 13.2. The fourth-order valence-electron chi connectivity index (χ4n) is 1.52. The van der Waals surface area contributed by atoms with Crippen LogP contribution in [0.3, 0.4) is 0 Å². The Labute approximate surface area is 116 Å². The molecular weight excluding hydrogens is 319 g/mol. The summed E-state index contributed by atoms with van der Waals surface area (Å²) < 4.78 is 19.0. The molecule has 5 nitrogen and oxygen atoms in total. The Hall–Kier alpha value is -2.02. The van der Waals surface area contributed by atoms with E-state index >= 15 is 0 Å². The first-order valence-electron chi connectivity index (χ1n) is 5.21. The molecule has 2 rings (SSSR count). The molecule has 0 saturated carbocycles. The highest BCUT2D eigenvalue weighted by molar-refractivity contribution is 9.10. The van der Waals surface area contributed by atoms with Gasteiger partial charge >= 0.3 is 5.69 Å². The van der Waals surface area contributed by atoms with Gasteiger partial charge in [-0.3, -0.25) is 10.1 Å². The largest absolute Gasteiger partial charge is 0.434 e. The summed E-state index contributed by atoms with van der Waals surface area (Å²) >= 11 is 3.11. The fourth-order valence-corrected chi connectivity index (χ4v) is 1.97. The zero-order valence-electron chi connectivity index (χ0n) is 9.76. The standard InChI is InChI=1S/C12H8BrFN2O3/c1-7-2-3-15-12(11(7)16(17)18)19-10-5-8(13)4-9(14)6-10/h2-6H,1H3. The number of hydrogen-bond acceptors (Lipinski definition) is 4. The van der Waals surface area contributed by atoms with E-state index in [9.17, 15) is 14.5 Å². The van der Waals surface area contributed by atoms with E-state index in [4.69, 9.17) is 4.74 Å². The predicted molar refractivity (Wildman–Crippen MR) is 69.8 cm³/mol. The highest BCUT2D eigenvalue weighted by Gasteiger charge is 2.20. The molecule has 0 atom stereocenters. The Balaban J connectivity index is 2.43. The summed E-state index contributed by atoms with van der Waals surface area (Å²) in [5.41, 5.74) is 0.188. The lowest BCUT2D eigenvalue weighted by Gasteiger charge is -2.07. The lowest BCUT2D eigenvalue weighted by Crippen LogP contribution is -1.98. The number of halogens is 2. The first-order valence-corrected chi connectivity index (χ1v) is 6.00. The molecule has 0 spiro atoms. The Morgan fingerprint density at radius 3 is 2.79 bits per heavy atom. The Morgan fingerprint density at radius 2 is 2.16 bits per heavy atom. The summed E-state index contributed by atoms with van der Waals surface area (Å²) in [4.78, 5) is 14.2. The van der Waals surface area contributed by atoms with Crippen molar-refractivity contribution in [2.45, 2.75) is 6.92 Å². The summed E-state index contributed by atoms with van der Waals surface area (Å²) in [6.45, 7) is 1.58. The van der Waals surface area contributed by atoms with Crippen LogP contribution in [-0.4, -0.2) is 9.91 Å². The molecule has 0 aliphatic heterocycles. The van der Waals surface area contributed by atoms with Crippen LogP contribution in [0, 0.1) is 22.9 Å². The maximum Gasteiger partial charge on any atom is 0.334 e. The van der Waals surface area contributed by atoms with Gasteiger partial charge in [0.25, 0.3) is 5.88 Å². The van der Waals surface area contributed by atoms with Crippen molar-refractivity contribution in [1.82, 2.24) is 4.98 Å². The van der Waals surface area contributed by atoms with Crippen LogP contribution in [-0.2, 0) is 0 Å². The summed E-state index contributed by atoms with van der Waals surface area (Å²) in [6, 6.07) is 5.38. The van der Waals surface area contributed by atoms with Crippen LogP contribution in [0.15, 0.2) is 34.9 Å². The van der Waals surface area contributed by atoms with Gasteiger partial charge in [0.05, 0.1) is 4.92 Å². The molecule has 0 radical (unpaired) electrons. The van der Waals surface area contributed by atoms with Crippen molar-refractivity contribution in [3.63, 3.8) is 0 Å². The van der Waals surface area contributed by atoms with Crippen molar-refractivity contribution in [2.24, 2.45) is 0 Å². The topological polar surface area (TPSA) is 65.3 Å². The van der Waals surface area contributed by atoms with Crippen molar-refractivity contribution in [2.75, 3.05) is 0 Å². The second-order valence-corrected chi connectivity index (χ2v) is 4.66. The molecule has 1 heterocycles. The first-order chi connectivity index (χ1) is 8.97. The molecule has 2 aromatic rings. The van der Waals surface area contributed by atoms with Crippen LogP contribution in [0.25, 0.3) is 0 Å². The predicted octanol–water partition coefficient (Wildman–Crippen LogP) is 3.99. The Bertz CT molecular complexity index is 629. The van der Waals surface area contributed by atoms with Gasteiger partial charge in [0, 0.05) is 22.3 Å². The van der Waals surface area contributed by atoms with Crippen LogP contribution >= 0.6 is 15.9 Å². The highest BCUT2D eigenvalue weighted by atomic mass is 79.9. The number of nitro groups is 1. The monoisotopic (exact) mass is 326 g/mol. The summed E-state index contributed by atoms with van der Waals surface area (Å²) in [6.07, 6.45) is 1.39. The van der Waals surface area contributed by atoms with E-state index in [0.29, 0.717) is 10.0 Å². The van der Waals surface area contributed by atoms with Crippen LogP contribution in [0.1, 0.15) is 5.56 Å². The molecule has 0 aliphatic carbocycles. The van der Waals surface area contributed by atoms with Gasteiger partial charge in [-0.15, -0.1) is 0 Å². The minimum atomic E-state index is -0.577. The smallest absolute Gasteiger partial charge is 0.334 e. The fraction of sp³-hybridized carbons (Fsp3) is 0.0833. The molecule has 1 aromatic carbocycles. The normalized spacial score (nSPS) is 10.3. The number of aryl methyl sites for hydroxylation is 1. The number of nitrogens with zero attached hydrogens (tertiary/aromatic N) is 2. The molecule has 0 unspecified atom stereocenters. The minimum Gasteiger partial charge on any atom is -0.434 e. The zero-order valence-corrected chi connectivity index (χ0v) is 11.3. The summed E-state index contributed by atoms with van der Waals surface area (Å²) in [7, 11) is 0. The lowest BCUT2D eigenvalue weighted by atomic mass is 10.2. The second kappa shape index (κ2) is 5.31. The van der Waals surface area contributed by atoms with Gasteiger partial charge in [-0.2, -0.15) is 0 Å². The van der Waals surface area contributed by atoms with Crippen molar-refractivity contribution in [3.8, 4) is 11.6 Å². The van der Waals surface area contributed by atoms with Gasteiger partial charge in [-0.05, 0) is 25.1 Å². The number of rotatable bonds is 3.